The number of para-hydroxylation sites is 1. The highest BCUT2D eigenvalue weighted by Crippen LogP contribution is 2.23. The fraction of sp³-hybridized carbons (Fsp3) is 0.529. The van der Waals surface area contributed by atoms with Crippen molar-refractivity contribution in [2.24, 2.45) is 0 Å². The van der Waals surface area contributed by atoms with E-state index in [1.807, 2.05) is 37.1 Å². The zero-order valence-electron chi connectivity index (χ0n) is 13.6. The lowest BCUT2D eigenvalue weighted by Gasteiger charge is -2.33. The van der Waals surface area contributed by atoms with E-state index in [-0.39, 0.29) is 11.8 Å². The van der Waals surface area contributed by atoms with Gasteiger partial charge in [-0.2, -0.15) is 0 Å². The summed E-state index contributed by atoms with van der Waals surface area (Å²) in [6.45, 7) is 3.32. The summed E-state index contributed by atoms with van der Waals surface area (Å²) in [5.74, 6) is 0.0123. The summed E-state index contributed by atoms with van der Waals surface area (Å²) >= 11 is 0. The van der Waals surface area contributed by atoms with Crippen molar-refractivity contribution < 1.29 is 9.59 Å². The number of likely N-dealkylation sites (N-methyl/N-ethyl adjacent to an activating group) is 1. The van der Waals surface area contributed by atoms with E-state index in [2.05, 4.69) is 5.32 Å². The molecule has 5 nitrogen and oxygen atoms in total. The second kappa shape index (κ2) is 7.40. The number of hydrogen-bond donors (Lipinski definition) is 1. The van der Waals surface area contributed by atoms with Crippen molar-refractivity contribution in [3.63, 3.8) is 0 Å². The molecule has 0 saturated carbocycles. The third-order valence-electron chi connectivity index (χ3n) is 4.29. The van der Waals surface area contributed by atoms with Crippen molar-refractivity contribution in [2.75, 3.05) is 32.1 Å². The van der Waals surface area contributed by atoms with Crippen LogP contribution in [0.3, 0.4) is 0 Å². The molecule has 1 saturated heterocycles. The van der Waals surface area contributed by atoms with E-state index in [4.69, 9.17) is 0 Å². The summed E-state index contributed by atoms with van der Waals surface area (Å²) in [6, 6.07) is 7.69. The highest BCUT2D eigenvalue weighted by Gasteiger charge is 2.26. The lowest BCUT2D eigenvalue weighted by molar-refractivity contribution is -0.118. The van der Waals surface area contributed by atoms with E-state index in [1.54, 1.807) is 18.0 Å². The fourth-order valence-corrected chi connectivity index (χ4v) is 2.89. The molecule has 1 heterocycles. The largest absolute Gasteiger partial charge is 0.337 e. The molecule has 0 spiro atoms. The van der Waals surface area contributed by atoms with E-state index < -0.39 is 0 Å². The smallest absolute Gasteiger partial charge is 0.256 e. The molecule has 1 N–H and O–H groups in total. The number of likely N-dealkylation sites (tertiary alicyclic amines) is 1. The summed E-state index contributed by atoms with van der Waals surface area (Å²) in [5, 5.41) is 3.25. The number of carbonyl (C=O) groups excluding carboxylic acids is 2. The first kappa shape index (κ1) is 16.5. The molecule has 120 valence electrons. The molecule has 22 heavy (non-hydrogen) atoms. The number of carbonyl (C=O) groups is 2. The van der Waals surface area contributed by atoms with Gasteiger partial charge in [0.25, 0.3) is 5.91 Å². The summed E-state index contributed by atoms with van der Waals surface area (Å²) in [6.07, 6.45) is 2.52. The Morgan fingerprint density at radius 2 is 2.09 bits per heavy atom. The summed E-state index contributed by atoms with van der Waals surface area (Å²) in [7, 11) is 3.66. The third kappa shape index (κ3) is 3.47. The Bertz CT molecular complexity index is 544. The molecular formula is C17H25N3O2. The first-order valence-electron chi connectivity index (χ1n) is 7.90. The van der Waals surface area contributed by atoms with E-state index in [0.717, 1.165) is 25.9 Å². The molecule has 2 rings (SSSR count). The second-order valence-corrected chi connectivity index (χ2v) is 5.70. The number of piperidine rings is 1. The van der Waals surface area contributed by atoms with Crippen molar-refractivity contribution >= 4 is 17.5 Å². The number of benzene rings is 1. The molecule has 0 aromatic heterocycles. The maximum absolute atomic E-state index is 12.9. The van der Waals surface area contributed by atoms with Crippen LogP contribution >= 0.6 is 0 Å². The lowest BCUT2D eigenvalue weighted by Crippen LogP contribution is -2.47. The molecule has 0 aliphatic carbocycles. The number of anilines is 1. The first-order chi connectivity index (χ1) is 10.6. The SMILES string of the molecule is CCC(=O)N(C)c1ccccc1C(=O)N1CCCC(NC)C1. The Labute approximate surface area is 132 Å². The Kier molecular flexibility index (Phi) is 5.55. The zero-order valence-corrected chi connectivity index (χ0v) is 13.6. The Morgan fingerprint density at radius 1 is 1.36 bits per heavy atom. The average molecular weight is 303 g/mol. The van der Waals surface area contributed by atoms with Crippen molar-refractivity contribution in [3.05, 3.63) is 29.8 Å². The van der Waals surface area contributed by atoms with Gasteiger partial charge in [0.05, 0.1) is 11.3 Å². The minimum Gasteiger partial charge on any atom is -0.337 e. The van der Waals surface area contributed by atoms with Gasteiger partial charge in [0.15, 0.2) is 0 Å². The number of nitrogens with zero attached hydrogens (tertiary/aromatic N) is 2. The van der Waals surface area contributed by atoms with Gasteiger partial charge in [-0.15, -0.1) is 0 Å². The standard InChI is InChI=1S/C17H25N3O2/c1-4-16(21)19(3)15-10-6-5-9-14(15)17(22)20-11-7-8-13(12-20)18-2/h5-6,9-10,13,18H,4,7-8,11-12H2,1-3H3. The molecule has 2 amide bonds. The molecule has 1 aliphatic rings. The van der Waals surface area contributed by atoms with Crippen LogP contribution in [-0.4, -0.2) is 49.9 Å². The Hall–Kier alpha value is -1.88. The van der Waals surface area contributed by atoms with Gasteiger partial charge < -0.3 is 15.1 Å². The van der Waals surface area contributed by atoms with Gasteiger partial charge in [-0.1, -0.05) is 19.1 Å². The van der Waals surface area contributed by atoms with Crippen LogP contribution in [-0.2, 0) is 4.79 Å². The number of hydrogen-bond acceptors (Lipinski definition) is 3. The van der Waals surface area contributed by atoms with Crippen molar-refractivity contribution in [1.29, 1.82) is 0 Å². The van der Waals surface area contributed by atoms with Crippen LogP contribution in [0.1, 0.15) is 36.5 Å². The topological polar surface area (TPSA) is 52.7 Å². The molecule has 0 radical (unpaired) electrons. The minimum absolute atomic E-state index is 0.00584. The summed E-state index contributed by atoms with van der Waals surface area (Å²) in [5.41, 5.74) is 1.29. The van der Waals surface area contributed by atoms with Gasteiger partial charge in [0.2, 0.25) is 5.91 Å². The van der Waals surface area contributed by atoms with Crippen LogP contribution < -0.4 is 10.2 Å². The van der Waals surface area contributed by atoms with E-state index in [0.29, 0.717) is 23.7 Å². The number of amides is 2. The number of rotatable bonds is 4. The van der Waals surface area contributed by atoms with Crippen molar-refractivity contribution in [2.45, 2.75) is 32.2 Å². The molecule has 5 heteroatoms. The normalized spacial score (nSPS) is 18.1. The lowest BCUT2D eigenvalue weighted by atomic mass is 10.0. The van der Waals surface area contributed by atoms with Crippen LogP contribution in [0.15, 0.2) is 24.3 Å². The fourth-order valence-electron chi connectivity index (χ4n) is 2.89. The monoisotopic (exact) mass is 303 g/mol. The van der Waals surface area contributed by atoms with Crippen LogP contribution in [0.2, 0.25) is 0 Å². The van der Waals surface area contributed by atoms with Crippen molar-refractivity contribution in [1.82, 2.24) is 10.2 Å². The predicted octanol–water partition coefficient (Wildman–Crippen LogP) is 1.88. The minimum atomic E-state index is 0.00584. The molecule has 1 aromatic carbocycles. The van der Waals surface area contributed by atoms with E-state index in [1.165, 1.54) is 0 Å². The number of nitrogens with one attached hydrogen (secondary N) is 1. The van der Waals surface area contributed by atoms with Gasteiger partial charge >= 0.3 is 0 Å². The summed E-state index contributed by atoms with van der Waals surface area (Å²) < 4.78 is 0. The molecule has 0 bridgehead atoms. The highest BCUT2D eigenvalue weighted by molar-refractivity contribution is 6.04. The Morgan fingerprint density at radius 3 is 2.77 bits per heavy atom. The van der Waals surface area contributed by atoms with Gasteiger partial charge in [-0.05, 0) is 32.0 Å². The molecule has 1 aromatic rings. The Balaban J connectivity index is 2.24. The molecule has 1 fully saturated rings. The average Bonchev–Trinajstić information content (AvgIpc) is 2.59. The predicted molar refractivity (Wildman–Crippen MR) is 88.1 cm³/mol. The maximum Gasteiger partial charge on any atom is 0.256 e. The van der Waals surface area contributed by atoms with Crippen LogP contribution in [0.4, 0.5) is 5.69 Å². The van der Waals surface area contributed by atoms with Gasteiger partial charge in [0.1, 0.15) is 0 Å². The van der Waals surface area contributed by atoms with Gasteiger partial charge in [0, 0.05) is 32.6 Å². The molecule has 1 atom stereocenters. The van der Waals surface area contributed by atoms with Gasteiger partial charge in [-0.3, -0.25) is 9.59 Å². The quantitative estimate of drug-likeness (QED) is 0.924. The zero-order chi connectivity index (χ0) is 16.1. The molecule has 1 aliphatic heterocycles. The van der Waals surface area contributed by atoms with Crippen LogP contribution in [0.5, 0.6) is 0 Å². The highest BCUT2D eigenvalue weighted by atomic mass is 16.2. The van der Waals surface area contributed by atoms with E-state index in [9.17, 15) is 9.59 Å². The van der Waals surface area contributed by atoms with Crippen molar-refractivity contribution in [3.8, 4) is 0 Å². The molecular weight excluding hydrogens is 278 g/mol. The first-order valence-corrected chi connectivity index (χ1v) is 7.90. The summed E-state index contributed by atoms with van der Waals surface area (Å²) in [4.78, 5) is 28.3. The van der Waals surface area contributed by atoms with E-state index >= 15 is 0 Å². The maximum atomic E-state index is 12.9. The van der Waals surface area contributed by atoms with Crippen LogP contribution in [0, 0.1) is 0 Å². The van der Waals surface area contributed by atoms with Gasteiger partial charge in [-0.25, -0.2) is 0 Å². The third-order valence-corrected chi connectivity index (χ3v) is 4.29. The van der Waals surface area contributed by atoms with Crippen LogP contribution in [0.25, 0.3) is 0 Å². The molecule has 1 unspecified atom stereocenters. The second-order valence-electron chi connectivity index (χ2n) is 5.70.